The zero-order chi connectivity index (χ0) is 21.3. The molecule has 2 heterocycles. The van der Waals surface area contributed by atoms with Gasteiger partial charge >= 0.3 is 6.36 Å². The van der Waals surface area contributed by atoms with Crippen LogP contribution < -0.4 is 10.5 Å². The molecule has 2 N–H and O–H groups in total. The molecule has 0 unspecified atom stereocenters. The molecule has 0 aliphatic rings. The molecular weight excluding hydrogens is 395 g/mol. The number of nitrogen functional groups attached to an aromatic ring is 1. The summed E-state index contributed by atoms with van der Waals surface area (Å²) in [5.41, 5.74) is 10.5. The van der Waals surface area contributed by atoms with E-state index in [4.69, 9.17) is 5.73 Å². The molecule has 0 amide bonds. The highest BCUT2D eigenvalue weighted by Crippen LogP contribution is 2.25. The van der Waals surface area contributed by atoms with E-state index in [2.05, 4.69) is 14.8 Å². The van der Waals surface area contributed by atoms with E-state index in [1.807, 2.05) is 41.9 Å². The van der Waals surface area contributed by atoms with Crippen molar-refractivity contribution in [2.45, 2.75) is 19.8 Å². The number of alkyl halides is 3. The summed E-state index contributed by atoms with van der Waals surface area (Å²) in [4.78, 5) is 4.38. The van der Waals surface area contributed by atoms with Gasteiger partial charge in [-0.05, 0) is 55.0 Å². The van der Waals surface area contributed by atoms with Crippen LogP contribution in [0.1, 0.15) is 11.3 Å². The zero-order valence-corrected chi connectivity index (χ0v) is 16.0. The Kier molecular flexibility index (Phi) is 4.94. The van der Waals surface area contributed by atoms with Crippen LogP contribution in [0.3, 0.4) is 0 Å². The number of nitrogens with zero attached hydrogens (tertiary/aromatic N) is 4. The minimum absolute atomic E-state index is 0.274. The molecule has 4 aromatic rings. The second-order valence-corrected chi connectivity index (χ2v) is 6.78. The SMILES string of the molecule is Cc1cc(-c2cn(-c3ccc(OC(F)(F)F)cc3)cn2)nn1Cc1ccc(N)cc1. The molecule has 0 aliphatic heterocycles. The minimum atomic E-state index is -4.72. The summed E-state index contributed by atoms with van der Waals surface area (Å²) in [6, 6.07) is 15.1. The topological polar surface area (TPSA) is 70.9 Å². The van der Waals surface area contributed by atoms with Crippen molar-refractivity contribution in [3.8, 4) is 22.8 Å². The molecule has 2 aromatic heterocycles. The van der Waals surface area contributed by atoms with Gasteiger partial charge in [-0.1, -0.05) is 12.1 Å². The second kappa shape index (κ2) is 7.58. The summed E-state index contributed by atoms with van der Waals surface area (Å²) in [5, 5.41) is 4.62. The average molecular weight is 413 g/mol. The monoisotopic (exact) mass is 413 g/mol. The minimum Gasteiger partial charge on any atom is -0.406 e. The van der Waals surface area contributed by atoms with Crippen LogP contribution in [-0.2, 0) is 6.54 Å². The molecule has 0 saturated heterocycles. The van der Waals surface area contributed by atoms with E-state index in [9.17, 15) is 13.2 Å². The second-order valence-electron chi connectivity index (χ2n) is 6.78. The van der Waals surface area contributed by atoms with Gasteiger partial charge in [-0.3, -0.25) is 4.68 Å². The molecule has 0 atom stereocenters. The van der Waals surface area contributed by atoms with Crippen molar-refractivity contribution in [3.05, 3.63) is 78.4 Å². The lowest BCUT2D eigenvalue weighted by atomic mass is 10.2. The predicted octanol–water partition coefficient (Wildman–Crippen LogP) is 4.57. The number of halogens is 3. The number of hydrogen-bond acceptors (Lipinski definition) is 4. The number of hydrogen-bond donors (Lipinski definition) is 1. The van der Waals surface area contributed by atoms with Crippen LogP contribution in [0.15, 0.2) is 67.1 Å². The first-order chi connectivity index (χ1) is 14.3. The third kappa shape index (κ3) is 4.45. The summed E-state index contributed by atoms with van der Waals surface area (Å²) < 4.78 is 44.4. The molecule has 0 bridgehead atoms. The van der Waals surface area contributed by atoms with Gasteiger partial charge in [-0.15, -0.1) is 13.2 Å². The van der Waals surface area contributed by atoms with Crippen LogP contribution in [-0.4, -0.2) is 25.7 Å². The maximum Gasteiger partial charge on any atom is 0.573 e. The number of anilines is 1. The van der Waals surface area contributed by atoms with Crippen molar-refractivity contribution in [3.63, 3.8) is 0 Å². The Morgan fingerprint density at radius 1 is 1.00 bits per heavy atom. The molecule has 4 rings (SSSR count). The Labute approximate surface area is 170 Å². The number of ether oxygens (including phenoxy) is 1. The number of imidazole rings is 1. The summed E-state index contributed by atoms with van der Waals surface area (Å²) in [6.07, 6.45) is -1.36. The number of nitrogens with two attached hydrogens (primary N) is 1. The average Bonchev–Trinajstić information content (AvgIpc) is 3.30. The van der Waals surface area contributed by atoms with Crippen LogP contribution in [0.5, 0.6) is 5.75 Å². The van der Waals surface area contributed by atoms with E-state index < -0.39 is 6.36 Å². The first kappa shape index (κ1) is 19.6. The fraction of sp³-hybridized carbons (Fsp3) is 0.143. The van der Waals surface area contributed by atoms with E-state index >= 15 is 0 Å². The molecule has 6 nitrogen and oxygen atoms in total. The molecule has 0 aliphatic carbocycles. The van der Waals surface area contributed by atoms with Crippen molar-refractivity contribution in [2.75, 3.05) is 5.73 Å². The number of aryl methyl sites for hydroxylation is 1. The van der Waals surface area contributed by atoms with Gasteiger partial charge in [0.05, 0.1) is 12.9 Å². The van der Waals surface area contributed by atoms with E-state index in [1.54, 1.807) is 17.1 Å². The Balaban J connectivity index is 1.52. The number of aromatic nitrogens is 4. The van der Waals surface area contributed by atoms with Crippen LogP contribution in [0.25, 0.3) is 17.1 Å². The highest BCUT2D eigenvalue weighted by Gasteiger charge is 2.30. The highest BCUT2D eigenvalue weighted by molar-refractivity contribution is 5.54. The highest BCUT2D eigenvalue weighted by atomic mass is 19.4. The summed E-state index contributed by atoms with van der Waals surface area (Å²) in [7, 11) is 0. The van der Waals surface area contributed by atoms with Crippen molar-refractivity contribution >= 4 is 5.69 Å². The predicted molar refractivity (Wildman–Crippen MR) is 106 cm³/mol. The molecule has 30 heavy (non-hydrogen) atoms. The maximum atomic E-state index is 12.3. The van der Waals surface area contributed by atoms with E-state index in [0.717, 1.165) is 11.3 Å². The number of rotatable bonds is 5. The van der Waals surface area contributed by atoms with Gasteiger partial charge in [0.2, 0.25) is 0 Å². The number of benzene rings is 2. The first-order valence-electron chi connectivity index (χ1n) is 9.06. The van der Waals surface area contributed by atoms with Gasteiger partial charge in [0.1, 0.15) is 17.1 Å². The van der Waals surface area contributed by atoms with Gasteiger partial charge in [-0.2, -0.15) is 5.10 Å². The van der Waals surface area contributed by atoms with Crippen molar-refractivity contribution in [1.82, 2.24) is 19.3 Å². The lowest BCUT2D eigenvalue weighted by molar-refractivity contribution is -0.274. The fourth-order valence-electron chi connectivity index (χ4n) is 3.01. The molecule has 2 aromatic carbocycles. The molecule has 0 radical (unpaired) electrons. The van der Waals surface area contributed by atoms with Crippen LogP contribution >= 0.6 is 0 Å². The Morgan fingerprint density at radius 2 is 1.70 bits per heavy atom. The Morgan fingerprint density at radius 3 is 2.37 bits per heavy atom. The van der Waals surface area contributed by atoms with Crippen LogP contribution in [0.4, 0.5) is 18.9 Å². The zero-order valence-electron chi connectivity index (χ0n) is 16.0. The van der Waals surface area contributed by atoms with Gasteiger partial charge in [0.15, 0.2) is 0 Å². The van der Waals surface area contributed by atoms with E-state index in [-0.39, 0.29) is 5.75 Å². The van der Waals surface area contributed by atoms with E-state index in [1.165, 1.54) is 24.3 Å². The van der Waals surface area contributed by atoms with Gasteiger partial charge < -0.3 is 15.0 Å². The van der Waals surface area contributed by atoms with E-state index in [0.29, 0.717) is 29.3 Å². The maximum absolute atomic E-state index is 12.3. The normalized spacial score (nSPS) is 11.6. The molecule has 154 valence electrons. The Hall–Kier alpha value is -3.75. The van der Waals surface area contributed by atoms with Gasteiger partial charge in [0, 0.05) is 23.3 Å². The fourth-order valence-corrected chi connectivity index (χ4v) is 3.01. The summed E-state index contributed by atoms with van der Waals surface area (Å²) in [5.74, 6) is -0.274. The molecular formula is C21H18F3N5O. The largest absolute Gasteiger partial charge is 0.573 e. The molecule has 0 spiro atoms. The van der Waals surface area contributed by atoms with Crippen molar-refractivity contribution in [1.29, 1.82) is 0 Å². The van der Waals surface area contributed by atoms with Crippen LogP contribution in [0.2, 0.25) is 0 Å². The van der Waals surface area contributed by atoms with Crippen LogP contribution in [0, 0.1) is 6.92 Å². The van der Waals surface area contributed by atoms with Crippen molar-refractivity contribution in [2.24, 2.45) is 0 Å². The Bertz CT molecular complexity index is 1140. The third-order valence-electron chi connectivity index (χ3n) is 4.51. The lowest BCUT2D eigenvalue weighted by Gasteiger charge is -2.09. The molecule has 0 fully saturated rings. The quantitative estimate of drug-likeness (QED) is 0.487. The first-order valence-corrected chi connectivity index (χ1v) is 9.06. The van der Waals surface area contributed by atoms with Gasteiger partial charge in [0.25, 0.3) is 0 Å². The summed E-state index contributed by atoms with van der Waals surface area (Å²) in [6.45, 7) is 2.57. The molecule has 9 heteroatoms. The standard InChI is InChI=1S/C21H18F3N5O/c1-14-10-19(27-29(14)11-15-2-4-16(25)5-3-15)20-12-28(13-26-20)17-6-8-18(9-7-17)30-21(22,23)24/h2-10,12-13H,11,25H2,1H3. The third-order valence-corrected chi connectivity index (χ3v) is 4.51. The summed E-state index contributed by atoms with van der Waals surface area (Å²) >= 11 is 0. The molecule has 0 saturated carbocycles. The lowest BCUT2D eigenvalue weighted by Crippen LogP contribution is -2.17. The smallest absolute Gasteiger partial charge is 0.406 e. The van der Waals surface area contributed by atoms with Crippen molar-refractivity contribution < 1.29 is 17.9 Å². The van der Waals surface area contributed by atoms with Gasteiger partial charge in [-0.25, -0.2) is 4.98 Å².